The van der Waals surface area contributed by atoms with Crippen LogP contribution in [0, 0.1) is 0 Å². The van der Waals surface area contributed by atoms with Crippen molar-refractivity contribution < 1.29 is 14.7 Å². The molecule has 0 aliphatic carbocycles. The van der Waals surface area contributed by atoms with Crippen LogP contribution >= 0.6 is 11.8 Å². The number of carboxylic acids is 1. The molecule has 0 aliphatic heterocycles. The standard InChI is InChI=1S/C15H21NO3S/c1-20-11-12-6-8-13(9-7-12)15(19)16-10-4-2-3-5-14(17)18/h6-9H,2-5,10-11H2,1H3,(H,16,19)(H,17,18). The molecule has 0 unspecified atom stereocenters. The molecule has 0 fully saturated rings. The molecular weight excluding hydrogens is 274 g/mol. The first kappa shape index (κ1) is 16.6. The van der Waals surface area contributed by atoms with Crippen LogP contribution in [0.4, 0.5) is 0 Å². The summed E-state index contributed by atoms with van der Waals surface area (Å²) in [5.74, 6) is 0.115. The Hall–Kier alpha value is -1.49. The van der Waals surface area contributed by atoms with Gasteiger partial charge in [0.1, 0.15) is 0 Å². The number of aliphatic carboxylic acids is 1. The van der Waals surface area contributed by atoms with Gasteiger partial charge < -0.3 is 10.4 Å². The minimum Gasteiger partial charge on any atom is -0.481 e. The maximum atomic E-state index is 11.8. The van der Waals surface area contributed by atoms with Crippen LogP contribution in [-0.2, 0) is 10.5 Å². The van der Waals surface area contributed by atoms with E-state index < -0.39 is 5.97 Å². The minimum absolute atomic E-state index is 0.0704. The summed E-state index contributed by atoms with van der Waals surface area (Å²) in [7, 11) is 0. The molecule has 0 saturated heterocycles. The van der Waals surface area contributed by atoms with Crippen molar-refractivity contribution >= 4 is 23.6 Å². The van der Waals surface area contributed by atoms with Crippen molar-refractivity contribution in [3.63, 3.8) is 0 Å². The van der Waals surface area contributed by atoms with Crippen LogP contribution < -0.4 is 5.32 Å². The van der Waals surface area contributed by atoms with Crippen molar-refractivity contribution in [2.24, 2.45) is 0 Å². The van der Waals surface area contributed by atoms with E-state index in [1.165, 1.54) is 5.56 Å². The van der Waals surface area contributed by atoms with Gasteiger partial charge in [-0.3, -0.25) is 9.59 Å². The summed E-state index contributed by atoms with van der Waals surface area (Å²) in [6.07, 6.45) is 4.53. The van der Waals surface area contributed by atoms with Gasteiger partial charge in [0.15, 0.2) is 0 Å². The number of carboxylic acid groups (broad SMARTS) is 1. The third-order valence-electron chi connectivity index (χ3n) is 2.88. The fraction of sp³-hybridized carbons (Fsp3) is 0.467. The first-order valence-electron chi connectivity index (χ1n) is 6.71. The van der Waals surface area contributed by atoms with Crippen molar-refractivity contribution in [3.05, 3.63) is 35.4 Å². The van der Waals surface area contributed by atoms with Crippen LogP contribution in [0.1, 0.15) is 41.6 Å². The Bertz CT molecular complexity index is 431. The molecule has 0 spiro atoms. The molecule has 0 aromatic heterocycles. The predicted octanol–water partition coefficient (Wildman–Crippen LogP) is 2.92. The quantitative estimate of drug-likeness (QED) is 0.687. The first-order valence-corrected chi connectivity index (χ1v) is 8.10. The lowest BCUT2D eigenvalue weighted by Crippen LogP contribution is -2.24. The largest absolute Gasteiger partial charge is 0.481 e. The second-order valence-electron chi connectivity index (χ2n) is 4.59. The molecule has 0 saturated carbocycles. The minimum atomic E-state index is -0.764. The highest BCUT2D eigenvalue weighted by Crippen LogP contribution is 2.10. The average Bonchev–Trinajstić information content (AvgIpc) is 2.43. The topological polar surface area (TPSA) is 66.4 Å². The van der Waals surface area contributed by atoms with Gasteiger partial charge in [-0.15, -0.1) is 0 Å². The van der Waals surface area contributed by atoms with E-state index in [0.29, 0.717) is 18.5 Å². The first-order chi connectivity index (χ1) is 9.63. The Kier molecular flexibility index (Phi) is 7.80. The summed E-state index contributed by atoms with van der Waals surface area (Å²) in [5, 5.41) is 11.3. The van der Waals surface area contributed by atoms with Crippen molar-refractivity contribution in [1.82, 2.24) is 5.32 Å². The molecule has 0 aliphatic rings. The van der Waals surface area contributed by atoms with Gasteiger partial charge in [-0.1, -0.05) is 18.6 Å². The molecule has 0 heterocycles. The van der Waals surface area contributed by atoms with Crippen molar-refractivity contribution in [1.29, 1.82) is 0 Å². The average molecular weight is 295 g/mol. The second-order valence-corrected chi connectivity index (χ2v) is 5.46. The molecule has 5 heteroatoms. The van der Waals surface area contributed by atoms with Gasteiger partial charge in [-0.2, -0.15) is 11.8 Å². The molecule has 0 atom stereocenters. The Balaban J connectivity index is 2.23. The zero-order valence-corrected chi connectivity index (χ0v) is 12.5. The number of unbranched alkanes of at least 4 members (excludes halogenated alkanes) is 2. The number of amides is 1. The fourth-order valence-corrected chi connectivity index (χ4v) is 2.33. The highest BCUT2D eigenvalue weighted by Gasteiger charge is 2.04. The van der Waals surface area contributed by atoms with E-state index in [-0.39, 0.29) is 12.3 Å². The molecule has 2 N–H and O–H groups in total. The third kappa shape index (κ3) is 6.61. The van der Waals surface area contributed by atoms with Gasteiger partial charge in [0.05, 0.1) is 0 Å². The van der Waals surface area contributed by atoms with Gasteiger partial charge in [0.25, 0.3) is 5.91 Å². The van der Waals surface area contributed by atoms with Crippen molar-refractivity contribution in [2.75, 3.05) is 12.8 Å². The number of rotatable bonds is 9. The summed E-state index contributed by atoms with van der Waals surface area (Å²) >= 11 is 1.75. The smallest absolute Gasteiger partial charge is 0.303 e. The SMILES string of the molecule is CSCc1ccc(C(=O)NCCCCCC(=O)O)cc1. The van der Waals surface area contributed by atoms with Crippen LogP contribution in [0.5, 0.6) is 0 Å². The molecule has 20 heavy (non-hydrogen) atoms. The molecule has 0 radical (unpaired) electrons. The number of hydrogen-bond donors (Lipinski definition) is 2. The number of benzene rings is 1. The molecule has 110 valence electrons. The van der Waals surface area contributed by atoms with Gasteiger partial charge in [0, 0.05) is 24.3 Å². The highest BCUT2D eigenvalue weighted by atomic mass is 32.2. The summed E-state index contributed by atoms with van der Waals surface area (Å²) in [6.45, 7) is 0.588. The highest BCUT2D eigenvalue weighted by molar-refractivity contribution is 7.97. The van der Waals surface area contributed by atoms with E-state index in [0.717, 1.165) is 18.6 Å². The van der Waals surface area contributed by atoms with E-state index in [1.807, 2.05) is 30.5 Å². The van der Waals surface area contributed by atoms with E-state index in [2.05, 4.69) is 5.32 Å². The van der Waals surface area contributed by atoms with E-state index >= 15 is 0 Å². The van der Waals surface area contributed by atoms with Crippen molar-refractivity contribution in [3.8, 4) is 0 Å². The Labute approximate surface area is 124 Å². The maximum Gasteiger partial charge on any atom is 0.303 e. The van der Waals surface area contributed by atoms with Crippen LogP contribution in [0.3, 0.4) is 0 Å². The Morgan fingerprint density at radius 2 is 1.85 bits per heavy atom. The Morgan fingerprint density at radius 3 is 2.45 bits per heavy atom. The summed E-state index contributed by atoms with van der Waals surface area (Å²) in [6, 6.07) is 7.62. The molecule has 1 rings (SSSR count). The predicted molar refractivity (Wildman–Crippen MR) is 82.1 cm³/mol. The lowest BCUT2D eigenvalue weighted by atomic mass is 10.1. The number of nitrogens with one attached hydrogen (secondary N) is 1. The maximum absolute atomic E-state index is 11.8. The number of carbonyl (C=O) groups excluding carboxylic acids is 1. The monoisotopic (exact) mass is 295 g/mol. The summed E-state index contributed by atoms with van der Waals surface area (Å²) in [5.41, 5.74) is 1.88. The molecule has 0 bridgehead atoms. The van der Waals surface area contributed by atoms with Crippen LogP contribution in [0.15, 0.2) is 24.3 Å². The summed E-state index contributed by atoms with van der Waals surface area (Å²) < 4.78 is 0. The van der Waals surface area contributed by atoms with E-state index in [1.54, 1.807) is 11.8 Å². The number of hydrogen-bond acceptors (Lipinski definition) is 3. The molecule has 4 nitrogen and oxygen atoms in total. The number of carbonyl (C=O) groups is 2. The Morgan fingerprint density at radius 1 is 1.15 bits per heavy atom. The van der Waals surface area contributed by atoms with Gasteiger partial charge >= 0.3 is 5.97 Å². The van der Waals surface area contributed by atoms with Crippen LogP contribution in [-0.4, -0.2) is 29.8 Å². The molecular formula is C15H21NO3S. The van der Waals surface area contributed by atoms with E-state index in [4.69, 9.17) is 5.11 Å². The molecule has 1 aromatic rings. The fourth-order valence-electron chi connectivity index (χ4n) is 1.80. The molecule has 1 aromatic carbocycles. The van der Waals surface area contributed by atoms with Crippen LogP contribution in [0.2, 0.25) is 0 Å². The van der Waals surface area contributed by atoms with Gasteiger partial charge in [-0.25, -0.2) is 0 Å². The van der Waals surface area contributed by atoms with Gasteiger partial charge in [0.2, 0.25) is 0 Å². The van der Waals surface area contributed by atoms with Crippen LogP contribution in [0.25, 0.3) is 0 Å². The van der Waals surface area contributed by atoms with Crippen molar-refractivity contribution in [2.45, 2.75) is 31.4 Å². The lowest BCUT2D eigenvalue weighted by molar-refractivity contribution is -0.137. The zero-order chi connectivity index (χ0) is 14.8. The normalized spacial score (nSPS) is 10.2. The zero-order valence-electron chi connectivity index (χ0n) is 11.7. The van der Waals surface area contributed by atoms with Gasteiger partial charge in [-0.05, 0) is 36.8 Å². The third-order valence-corrected chi connectivity index (χ3v) is 3.50. The summed E-state index contributed by atoms with van der Waals surface area (Å²) in [4.78, 5) is 22.2. The number of thioether (sulfide) groups is 1. The molecule has 1 amide bonds. The lowest BCUT2D eigenvalue weighted by Gasteiger charge is -2.06. The van der Waals surface area contributed by atoms with E-state index in [9.17, 15) is 9.59 Å². The second kappa shape index (κ2) is 9.42.